The summed E-state index contributed by atoms with van der Waals surface area (Å²) in [5.74, 6) is 0.947. The predicted molar refractivity (Wildman–Crippen MR) is 122 cm³/mol. The van der Waals surface area contributed by atoms with E-state index in [9.17, 15) is 4.79 Å². The van der Waals surface area contributed by atoms with Gasteiger partial charge in [0, 0.05) is 49.3 Å². The first kappa shape index (κ1) is 23.8. The number of amides is 1. The topological polar surface area (TPSA) is 68.8 Å². The fourth-order valence-corrected chi connectivity index (χ4v) is 3.86. The molecule has 0 unspecified atom stereocenters. The number of aryl methyl sites for hydroxylation is 1. The second-order valence-electron chi connectivity index (χ2n) is 7.38. The smallest absolute Gasteiger partial charge is 0.234 e. The predicted octanol–water partition coefficient (Wildman–Crippen LogP) is 3.08. The van der Waals surface area contributed by atoms with Gasteiger partial charge >= 0.3 is 0 Å². The number of carbonyl (C=O) groups is 1. The van der Waals surface area contributed by atoms with Crippen LogP contribution in [-0.2, 0) is 11.2 Å². The largest absolute Gasteiger partial charge is 0.356 e. The SMILES string of the molecule is CCCNC(=O)CN1CCC(NC(=NC)NCCCc2ccc(Cl)cc2Cl)CC1. The minimum Gasteiger partial charge on any atom is -0.356 e. The Morgan fingerprint density at radius 1 is 1.21 bits per heavy atom. The molecule has 0 spiro atoms. The summed E-state index contributed by atoms with van der Waals surface area (Å²) in [6.45, 7) is 5.96. The van der Waals surface area contributed by atoms with Crippen LogP contribution in [0.1, 0.15) is 38.2 Å². The van der Waals surface area contributed by atoms with Crippen molar-refractivity contribution in [1.29, 1.82) is 0 Å². The lowest BCUT2D eigenvalue weighted by Gasteiger charge is -2.32. The van der Waals surface area contributed by atoms with Gasteiger partial charge in [0.2, 0.25) is 5.91 Å². The summed E-state index contributed by atoms with van der Waals surface area (Å²) in [6, 6.07) is 6.01. The lowest BCUT2D eigenvalue weighted by atomic mass is 10.1. The highest BCUT2D eigenvalue weighted by atomic mass is 35.5. The third-order valence-electron chi connectivity index (χ3n) is 5.02. The van der Waals surface area contributed by atoms with E-state index in [2.05, 4.69) is 32.8 Å². The van der Waals surface area contributed by atoms with E-state index in [1.54, 1.807) is 13.1 Å². The molecule has 1 fully saturated rings. The molecule has 8 heteroatoms. The molecule has 1 saturated heterocycles. The number of hydrogen-bond donors (Lipinski definition) is 3. The van der Waals surface area contributed by atoms with Crippen molar-refractivity contribution < 1.29 is 4.79 Å². The van der Waals surface area contributed by atoms with E-state index in [1.165, 1.54) is 0 Å². The van der Waals surface area contributed by atoms with Crippen molar-refractivity contribution in [3.05, 3.63) is 33.8 Å². The van der Waals surface area contributed by atoms with Gasteiger partial charge in [-0.15, -0.1) is 0 Å². The van der Waals surface area contributed by atoms with Crippen LogP contribution in [0.2, 0.25) is 10.0 Å². The normalized spacial score (nSPS) is 15.9. The zero-order chi connectivity index (χ0) is 21.1. The van der Waals surface area contributed by atoms with Crippen LogP contribution in [-0.4, -0.2) is 62.6 Å². The molecular weight excluding hydrogens is 409 g/mol. The molecule has 0 saturated carbocycles. The minimum absolute atomic E-state index is 0.122. The second kappa shape index (κ2) is 12.9. The number of nitrogens with one attached hydrogen (secondary N) is 3. The van der Waals surface area contributed by atoms with Crippen molar-refractivity contribution >= 4 is 35.1 Å². The summed E-state index contributed by atoms with van der Waals surface area (Å²) in [5.41, 5.74) is 1.11. The van der Waals surface area contributed by atoms with Crippen LogP contribution in [0.25, 0.3) is 0 Å². The number of aliphatic imine (C=N–C) groups is 1. The third kappa shape index (κ3) is 8.81. The van der Waals surface area contributed by atoms with Crippen molar-refractivity contribution in [2.75, 3.05) is 39.8 Å². The van der Waals surface area contributed by atoms with Crippen molar-refractivity contribution in [1.82, 2.24) is 20.9 Å². The number of piperidine rings is 1. The number of nitrogens with zero attached hydrogens (tertiary/aromatic N) is 2. The van der Waals surface area contributed by atoms with Gasteiger partial charge in [-0.1, -0.05) is 36.2 Å². The summed E-state index contributed by atoms with van der Waals surface area (Å²) in [5, 5.41) is 11.2. The third-order valence-corrected chi connectivity index (χ3v) is 5.61. The Bertz CT molecular complexity index is 675. The van der Waals surface area contributed by atoms with Crippen LogP contribution in [0.5, 0.6) is 0 Å². The quantitative estimate of drug-likeness (QED) is 0.312. The van der Waals surface area contributed by atoms with Crippen LogP contribution in [0.4, 0.5) is 0 Å². The van der Waals surface area contributed by atoms with Crippen LogP contribution in [0.15, 0.2) is 23.2 Å². The summed E-state index contributed by atoms with van der Waals surface area (Å²) in [7, 11) is 1.79. The van der Waals surface area contributed by atoms with E-state index in [-0.39, 0.29) is 5.91 Å². The molecule has 1 aromatic rings. The first-order valence-corrected chi connectivity index (χ1v) is 11.2. The Balaban J connectivity index is 1.64. The van der Waals surface area contributed by atoms with Gasteiger partial charge in [-0.3, -0.25) is 14.7 Å². The number of hydrogen-bond acceptors (Lipinski definition) is 3. The van der Waals surface area contributed by atoms with Gasteiger partial charge in [0.25, 0.3) is 0 Å². The van der Waals surface area contributed by atoms with Crippen molar-refractivity contribution in [3.8, 4) is 0 Å². The Hall–Kier alpha value is -1.50. The number of likely N-dealkylation sites (tertiary alicyclic amines) is 1. The molecule has 1 aliphatic rings. The number of benzene rings is 1. The van der Waals surface area contributed by atoms with Crippen LogP contribution in [0.3, 0.4) is 0 Å². The molecule has 2 rings (SSSR count). The Morgan fingerprint density at radius 2 is 1.97 bits per heavy atom. The van der Waals surface area contributed by atoms with E-state index in [1.807, 2.05) is 12.1 Å². The average Bonchev–Trinajstić information content (AvgIpc) is 2.71. The van der Waals surface area contributed by atoms with Crippen LogP contribution < -0.4 is 16.0 Å². The summed E-state index contributed by atoms with van der Waals surface area (Å²) >= 11 is 12.2. The molecule has 0 aliphatic carbocycles. The van der Waals surface area contributed by atoms with E-state index in [4.69, 9.17) is 23.2 Å². The Labute approximate surface area is 184 Å². The molecule has 0 aromatic heterocycles. The molecule has 1 aromatic carbocycles. The van der Waals surface area contributed by atoms with Gasteiger partial charge in [-0.05, 0) is 49.8 Å². The van der Waals surface area contributed by atoms with E-state index >= 15 is 0 Å². The van der Waals surface area contributed by atoms with Gasteiger partial charge in [-0.25, -0.2) is 0 Å². The molecule has 1 amide bonds. The minimum atomic E-state index is 0.122. The van der Waals surface area contributed by atoms with Crippen LogP contribution >= 0.6 is 23.2 Å². The van der Waals surface area contributed by atoms with Gasteiger partial charge in [0.15, 0.2) is 5.96 Å². The highest BCUT2D eigenvalue weighted by molar-refractivity contribution is 6.35. The monoisotopic (exact) mass is 441 g/mol. The average molecular weight is 442 g/mol. The van der Waals surface area contributed by atoms with Gasteiger partial charge in [0.1, 0.15) is 0 Å². The number of carbonyl (C=O) groups excluding carboxylic acids is 1. The molecule has 1 aliphatic heterocycles. The second-order valence-corrected chi connectivity index (χ2v) is 8.23. The molecule has 162 valence electrons. The zero-order valence-corrected chi connectivity index (χ0v) is 19.0. The maximum absolute atomic E-state index is 11.9. The Morgan fingerprint density at radius 3 is 2.62 bits per heavy atom. The standard InChI is InChI=1S/C21H33Cl2N5O/c1-3-10-25-20(29)15-28-12-8-18(9-13-28)27-21(24-2)26-11-4-5-16-6-7-17(22)14-19(16)23/h6-7,14,18H,3-5,8-13,15H2,1-2H3,(H,25,29)(H2,24,26,27). The number of halogens is 2. The molecular formula is C21H33Cl2N5O. The van der Waals surface area contributed by atoms with Gasteiger partial charge in [-0.2, -0.15) is 0 Å². The zero-order valence-electron chi connectivity index (χ0n) is 17.4. The Kier molecular flexibility index (Phi) is 10.6. The summed E-state index contributed by atoms with van der Waals surface area (Å²) in [6.07, 6.45) is 4.81. The molecule has 1 heterocycles. The van der Waals surface area contributed by atoms with Gasteiger partial charge in [0.05, 0.1) is 6.54 Å². The van der Waals surface area contributed by atoms with Crippen molar-refractivity contribution in [2.24, 2.45) is 4.99 Å². The van der Waals surface area contributed by atoms with E-state index in [0.29, 0.717) is 17.6 Å². The highest BCUT2D eigenvalue weighted by Crippen LogP contribution is 2.21. The van der Waals surface area contributed by atoms with Crippen molar-refractivity contribution in [3.63, 3.8) is 0 Å². The molecule has 0 atom stereocenters. The highest BCUT2D eigenvalue weighted by Gasteiger charge is 2.21. The number of rotatable bonds is 9. The fourth-order valence-electron chi connectivity index (χ4n) is 3.36. The molecule has 0 bridgehead atoms. The van der Waals surface area contributed by atoms with Crippen LogP contribution in [0, 0.1) is 0 Å². The first-order chi connectivity index (χ1) is 14.0. The molecule has 6 nitrogen and oxygen atoms in total. The maximum Gasteiger partial charge on any atom is 0.234 e. The molecule has 29 heavy (non-hydrogen) atoms. The lowest BCUT2D eigenvalue weighted by molar-refractivity contribution is -0.122. The molecule has 0 radical (unpaired) electrons. The fraction of sp³-hybridized carbons (Fsp3) is 0.619. The number of guanidine groups is 1. The lowest BCUT2D eigenvalue weighted by Crippen LogP contribution is -2.50. The van der Waals surface area contributed by atoms with Gasteiger partial charge < -0.3 is 16.0 Å². The summed E-state index contributed by atoms with van der Waals surface area (Å²) < 4.78 is 0. The van der Waals surface area contributed by atoms with E-state index < -0.39 is 0 Å². The maximum atomic E-state index is 11.9. The summed E-state index contributed by atoms with van der Waals surface area (Å²) in [4.78, 5) is 18.4. The first-order valence-electron chi connectivity index (χ1n) is 10.4. The van der Waals surface area contributed by atoms with Crippen molar-refractivity contribution in [2.45, 2.75) is 45.1 Å². The van der Waals surface area contributed by atoms with E-state index in [0.717, 1.165) is 74.8 Å². The molecule has 3 N–H and O–H groups in total.